The third-order valence-electron chi connectivity index (χ3n) is 7.78. The van der Waals surface area contributed by atoms with Gasteiger partial charge in [0.1, 0.15) is 23.7 Å². The number of hydrogen-bond acceptors (Lipinski definition) is 7. The molecule has 0 spiro atoms. The van der Waals surface area contributed by atoms with Crippen molar-refractivity contribution in [2.75, 3.05) is 14.2 Å². The van der Waals surface area contributed by atoms with Gasteiger partial charge in [-0.05, 0) is 75.7 Å². The molecule has 0 saturated heterocycles. The smallest absolute Gasteiger partial charge is 0.306 e. The Labute approximate surface area is 269 Å². The molecule has 0 aliphatic heterocycles. The summed E-state index contributed by atoms with van der Waals surface area (Å²) in [5.41, 5.74) is 5.73. The molecule has 0 aromatic heterocycles. The van der Waals surface area contributed by atoms with E-state index in [1.54, 1.807) is 14.2 Å². The molecule has 0 aliphatic carbocycles. The number of rotatable bonds is 14. The van der Waals surface area contributed by atoms with Gasteiger partial charge in [-0.25, -0.2) is 0 Å². The lowest BCUT2D eigenvalue weighted by Crippen LogP contribution is -2.32. The van der Waals surface area contributed by atoms with Crippen molar-refractivity contribution in [3.8, 4) is 22.6 Å². The number of aliphatic carboxylic acids is 1. The van der Waals surface area contributed by atoms with Crippen LogP contribution in [0.4, 0.5) is 0 Å². The Balaban J connectivity index is 1.40. The molecule has 0 heterocycles. The molecule has 5 aromatic carbocycles. The number of carbonyl (C=O) groups is 2. The second-order valence-corrected chi connectivity index (χ2v) is 10.7. The fraction of sp³-hybridized carbons (Fsp3) is 0.179. The van der Waals surface area contributed by atoms with Crippen LogP contribution in [-0.4, -0.2) is 26.2 Å². The SMILES string of the molecule is COc1ccc(C(OCc2ccc(-c3cccc(COC(=O)CCC(=O)[O-])c3)cc2)(c2ccccc2)c2ccc(OC)cc2)cc1. The van der Waals surface area contributed by atoms with E-state index in [2.05, 4.69) is 12.1 Å². The number of hydrogen-bond donors (Lipinski definition) is 0. The van der Waals surface area contributed by atoms with Gasteiger partial charge in [0.25, 0.3) is 0 Å². The van der Waals surface area contributed by atoms with Gasteiger partial charge >= 0.3 is 5.97 Å². The van der Waals surface area contributed by atoms with Crippen molar-refractivity contribution in [3.63, 3.8) is 0 Å². The molecule has 0 bridgehead atoms. The highest BCUT2D eigenvalue weighted by Crippen LogP contribution is 2.42. The standard InChI is InChI=1S/C39H36O7/c1-43-35-19-15-33(16-20-35)39(32-9-4-3-5-10-32,34-17-21-36(44-2)22-18-34)46-27-28-11-13-30(14-12-28)31-8-6-7-29(25-31)26-45-38(42)24-23-37(40)41/h3-22,25H,23-24,26-27H2,1-2H3,(H,40,41)/p-1. The Morgan fingerprint density at radius 3 is 1.74 bits per heavy atom. The van der Waals surface area contributed by atoms with E-state index in [0.717, 1.165) is 50.4 Å². The van der Waals surface area contributed by atoms with Crippen molar-refractivity contribution >= 4 is 11.9 Å². The Kier molecular flexibility index (Phi) is 10.5. The van der Waals surface area contributed by atoms with Crippen LogP contribution in [0.5, 0.6) is 11.5 Å². The first-order valence-electron chi connectivity index (χ1n) is 14.9. The number of ether oxygens (including phenoxy) is 4. The van der Waals surface area contributed by atoms with Crippen molar-refractivity contribution in [1.82, 2.24) is 0 Å². The van der Waals surface area contributed by atoms with Crippen LogP contribution in [0.15, 0.2) is 127 Å². The molecule has 5 rings (SSSR count). The van der Waals surface area contributed by atoms with E-state index in [0.29, 0.717) is 6.61 Å². The zero-order valence-corrected chi connectivity index (χ0v) is 25.8. The predicted molar refractivity (Wildman–Crippen MR) is 173 cm³/mol. The number of carboxylic acid groups (broad SMARTS) is 1. The van der Waals surface area contributed by atoms with E-state index in [4.69, 9.17) is 18.9 Å². The van der Waals surface area contributed by atoms with Crippen molar-refractivity contribution in [2.24, 2.45) is 0 Å². The van der Waals surface area contributed by atoms with Crippen molar-refractivity contribution in [2.45, 2.75) is 31.7 Å². The minimum atomic E-state index is -1.28. The van der Waals surface area contributed by atoms with Gasteiger partial charge in [0.15, 0.2) is 0 Å². The maximum Gasteiger partial charge on any atom is 0.306 e. The normalized spacial score (nSPS) is 11.1. The van der Waals surface area contributed by atoms with Crippen LogP contribution in [-0.2, 0) is 37.9 Å². The lowest BCUT2D eigenvalue weighted by atomic mass is 9.80. The highest BCUT2D eigenvalue weighted by Gasteiger charge is 2.38. The number of esters is 1. The predicted octanol–water partition coefficient (Wildman–Crippen LogP) is 6.45. The van der Waals surface area contributed by atoms with Crippen LogP contribution in [0.25, 0.3) is 11.1 Å². The molecule has 0 unspecified atom stereocenters. The summed E-state index contributed by atoms with van der Waals surface area (Å²) in [6.45, 7) is 0.388. The van der Waals surface area contributed by atoms with Crippen molar-refractivity contribution in [3.05, 3.63) is 155 Å². The van der Waals surface area contributed by atoms with Crippen LogP contribution < -0.4 is 14.6 Å². The van der Waals surface area contributed by atoms with Gasteiger partial charge in [-0.2, -0.15) is 0 Å². The van der Waals surface area contributed by atoms with Gasteiger partial charge in [0.2, 0.25) is 0 Å². The molecule has 0 radical (unpaired) electrons. The molecule has 46 heavy (non-hydrogen) atoms. The molecule has 7 heteroatoms. The average Bonchev–Trinajstić information content (AvgIpc) is 3.11. The van der Waals surface area contributed by atoms with Crippen LogP contribution in [0.1, 0.15) is 40.7 Å². The second-order valence-electron chi connectivity index (χ2n) is 10.7. The molecule has 7 nitrogen and oxygen atoms in total. The first-order chi connectivity index (χ1) is 22.4. The first-order valence-corrected chi connectivity index (χ1v) is 14.9. The van der Waals surface area contributed by atoms with Gasteiger partial charge < -0.3 is 28.8 Å². The van der Waals surface area contributed by atoms with E-state index < -0.39 is 17.5 Å². The topological polar surface area (TPSA) is 94.1 Å². The summed E-state index contributed by atoms with van der Waals surface area (Å²) in [5.74, 6) is -0.335. The highest BCUT2D eigenvalue weighted by molar-refractivity contribution is 5.75. The Morgan fingerprint density at radius 1 is 0.587 bits per heavy atom. The molecule has 0 aliphatic rings. The van der Waals surface area contributed by atoms with E-state index in [1.807, 2.05) is 115 Å². The van der Waals surface area contributed by atoms with E-state index in [9.17, 15) is 14.7 Å². The highest BCUT2D eigenvalue weighted by atomic mass is 16.5. The average molecular weight is 616 g/mol. The lowest BCUT2D eigenvalue weighted by Gasteiger charge is -2.36. The van der Waals surface area contributed by atoms with Gasteiger partial charge in [-0.15, -0.1) is 0 Å². The number of benzene rings is 5. The second kappa shape index (κ2) is 15.1. The minimum absolute atomic E-state index is 0.0595. The van der Waals surface area contributed by atoms with E-state index in [1.165, 1.54) is 0 Å². The van der Waals surface area contributed by atoms with Gasteiger partial charge in [0, 0.05) is 5.97 Å². The molecular weight excluding hydrogens is 580 g/mol. The Morgan fingerprint density at radius 2 is 1.17 bits per heavy atom. The molecule has 0 atom stereocenters. The van der Waals surface area contributed by atoms with Gasteiger partial charge in [0.05, 0.1) is 27.2 Å². The maximum atomic E-state index is 11.8. The van der Waals surface area contributed by atoms with Gasteiger partial charge in [-0.3, -0.25) is 4.79 Å². The molecule has 0 saturated carbocycles. The quantitative estimate of drug-likeness (QED) is 0.105. The molecular formula is C39H35O7-. The zero-order valence-electron chi connectivity index (χ0n) is 25.8. The molecule has 0 fully saturated rings. The summed E-state index contributed by atoms with van der Waals surface area (Å²) in [7, 11) is 3.30. The van der Waals surface area contributed by atoms with Crippen LogP contribution in [0.3, 0.4) is 0 Å². The van der Waals surface area contributed by atoms with Gasteiger partial charge in [-0.1, -0.05) is 97.1 Å². The number of carbonyl (C=O) groups excluding carboxylic acids is 2. The summed E-state index contributed by atoms with van der Waals surface area (Å²) < 4.78 is 23.1. The molecule has 0 amide bonds. The van der Waals surface area contributed by atoms with Crippen molar-refractivity contribution in [1.29, 1.82) is 0 Å². The van der Waals surface area contributed by atoms with Crippen molar-refractivity contribution < 1.29 is 33.6 Å². The number of carboxylic acids is 1. The maximum absolute atomic E-state index is 11.8. The summed E-state index contributed by atoms with van der Waals surface area (Å²) >= 11 is 0. The first kappa shape index (κ1) is 32.0. The summed E-state index contributed by atoms with van der Waals surface area (Å²) in [6, 6.07) is 41.9. The Bertz CT molecular complexity index is 1680. The van der Waals surface area contributed by atoms with E-state index in [-0.39, 0.29) is 19.4 Å². The summed E-state index contributed by atoms with van der Waals surface area (Å²) in [4.78, 5) is 22.4. The minimum Gasteiger partial charge on any atom is -0.550 e. The Hall–Kier alpha value is -5.40. The fourth-order valence-corrected chi connectivity index (χ4v) is 5.34. The summed E-state index contributed by atoms with van der Waals surface area (Å²) in [6.07, 6.45) is -0.574. The summed E-state index contributed by atoms with van der Waals surface area (Å²) in [5, 5.41) is 10.6. The zero-order chi connectivity index (χ0) is 32.4. The van der Waals surface area contributed by atoms with Crippen LogP contribution in [0, 0.1) is 0 Å². The van der Waals surface area contributed by atoms with Crippen LogP contribution >= 0.6 is 0 Å². The fourth-order valence-electron chi connectivity index (χ4n) is 5.34. The molecule has 5 aromatic rings. The molecule has 0 N–H and O–H groups in total. The third kappa shape index (κ3) is 7.62. The monoisotopic (exact) mass is 615 g/mol. The third-order valence-corrected chi connectivity index (χ3v) is 7.78. The van der Waals surface area contributed by atoms with E-state index >= 15 is 0 Å². The number of methoxy groups -OCH3 is 2. The lowest BCUT2D eigenvalue weighted by molar-refractivity contribution is -0.305. The van der Waals surface area contributed by atoms with Crippen LogP contribution in [0.2, 0.25) is 0 Å². The largest absolute Gasteiger partial charge is 0.550 e. The molecule has 234 valence electrons.